The molecule has 3 rings (SSSR count). The molecule has 1 aliphatic rings. The lowest BCUT2D eigenvalue weighted by atomic mass is 9.96. The van der Waals surface area contributed by atoms with Crippen LogP contribution in [0.3, 0.4) is 0 Å². The molecule has 28 heavy (non-hydrogen) atoms. The van der Waals surface area contributed by atoms with Crippen LogP contribution in [-0.4, -0.2) is 44.2 Å². The molecular weight excluding hydrogens is 350 g/mol. The predicted octanol–water partition coefficient (Wildman–Crippen LogP) is 4.74. The van der Waals surface area contributed by atoms with E-state index in [4.69, 9.17) is 4.74 Å². The Morgan fingerprint density at radius 1 is 1.07 bits per heavy atom. The third kappa shape index (κ3) is 4.24. The first kappa shape index (κ1) is 20.1. The van der Waals surface area contributed by atoms with Gasteiger partial charge in [-0.25, -0.2) is 4.79 Å². The predicted molar refractivity (Wildman–Crippen MR) is 116 cm³/mol. The minimum absolute atomic E-state index is 0.0116. The fourth-order valence-corrected chi connectivity index (χ4v) is 3.78. The van der Waals surface area contributed by atoms with Crippen molar-refractivity contribution in [1.82, 2.24) is 4.90 Å². The molecule has 0 aliphatic carbocycles. The van der Waals surface area contributed by atoms with Gasteiger partial charge in [0.25, 0.3) is 0 Å². The van der Waals surface area contributed by atoms with E-state index < -0.39 is 0 Å². The minimum atomic E-state index is -0.0116. The Morgan fingerprint density at radius 2 is 1.79 bits per heavy atom. The lowest BCUT2D eigenvalue weighted by molar-refractivity contribution is 0.208. The number of nitrogens with one attached hydrogen (secondary N) is 1. The number of hydrogen-bond acceptors (Lipinski definition) is 3. The van der Waals surface area contributed by atoms with Gasteiger partial charge in [0.1, 0.15) is 5.75 Å². The van der Waals surface area contributed by atoms with E-state index in [9.17, 15) is 4.79 Å². The number of amides is 2. The van der Waals surface area contributed by atoms with E-state index in [1.165, 1.54) is 11.1 Å². The summed E-state index contributed by atoms with van der Waals surface area (Å²) >= 11 is 0. The Kier molecular flexibility index (Phi) is 6.45. The highest BCUT2D eigenvalue weighted by Gasteiger charge is 2.24. The maximum absolute atomic E-state index is 12.9. The number of nitrogens with zero attached hydrogens (tertiary/aromatic N) is 2. The van der Waals surface area contributed by atoms with Crippen molar-refractivity contribution in [3.63, 3.8) is 0 Å². The van der Waals surface area contributed by atoms with Gasteiger partial charge >= 0.3 is 6.03 Å². The number of methoxy groups -OCH3 is 1. The molecule has 1 N–H and O–H groups in total. The molecule has 1 heterocycles. The quantitative estimate of drug-likeness (QED) is 0.814. The van der Waals surface area contributed by atoms with E-state index in [-0.39, 0.29) is 6.03 Å². The number of rotatable bonds is 5. The van der Waals surface area contributed by atoms with Crippen LogP contribution in [0.4, 0.5) is 16.2 Å². The van der Waals surface area contributed by atoms with Crippen molar-refractivity contribution in [1.29, 1.82) is 0 Å². The van der Waals surface area contributed by atoms with Gasteiger partial charge in [-0.2, -0.15) is 0 Å². The molecule has 0 radical (unpaired) electrons. The highest BCUT2D eigenvalue weighted by molar-refractivity contribution is 5.91. The number of para-hydroxylation sites is 3. The zero-order valence-electron chi connectivity index (χ0n) is 17.4. The summed E-state index contributed by atoms with van der Waals surface area (Å²) in [7, 11) is 1.69. The summed E-state index contributed by atoms with van der Waals surface area (Å²) in [4.78, 5) is 17.1. The topological polar surface area (TPSA) is 44.8 Å². The number of carbonyl (C=O) groups is 1. The summed E-state index contributed by atoms with van der Waals surface area (Å²) in [6.07, 6.45) is 0.901. The maximum atomic E-state index is 12.9. The van der Waals surface area contributed by atoms with Gasteiger partial charge in [0.05, 0.1) is 12.8 Å². The van der Waals surface area contributed by atoms with E-state index in [0.29, 0.717) is 19.0 Å². The molecule has 0 spiro atoms. The van der Waals surface area contributed by atoms with Gasteiger partial charge < -0.3 is 19.9 Å². The molecule has 5 nitrogen and oxygen atoms in total. The number of piperazine rings is 1. The first-order chi connectivity index (χ1) is 13.5. The van der Waals surface area contributed by atoms with E-state index >= 15 is 0 Å². The van der Waals surface area contributed by atoms with Gasteiger partial charge in [-0.3, -0.25) is 0 Å². The molecule has 2 aromatic carbocycles. The number of ether oxygens (including phenoxy) is 1. The number of anilines is 2. The van der Waals surface area contributed by atoms with E-state index in [0.717, 1.165) is 36.6 Å². The summed E-state index contributed by atoms with van der Waals surface area (Å²) in [5.74, 6) is 1.24. The monoisotopic (exact) mass is 381 g/mol. The molecule has 1 fully saturated rings. The lowest BCUT2D eigenvalue weighted by Crippen LogP contribution is -2.50. The molecule has 0 aromatic heterocycles. The van der Waals surface area contributed by atoms with Crippen LogP contribution in [0.25, 0.3) is 0 Å². The van der Waals surface area contributed by atoms with Crippen LogP contribution in [0.15, 0.2) is 42.5 Å². The SMILES string of the molecule is CCc1cccc(C(C)C)c1NC(=O)N1CCN(c2ccccc2OC)CC1. The van der Waals surface area contributed by atoms with Gasteiger partial charge in [0.2, 0.25) is 0 Å². The van der Waals surface area contributed by atoms with Crippen molar-refractivity contribution in [2.75, 3.05) is 43.5 Å². The summed E-state index contributed by atoms with van der Waals surface area (Å²) in [6.45, 7) is 9.42. The first-order valence-corrected chi connectivity index (χ1v) is 10.1. The zero-order valence-corrected chi connectivity index (χ0v) is 17.4. The second-order valence-corrected chi connectivity index (χ2v) is 7.47. The Labute approximate surface area is 168 Å². The number of carbonyl (C=O) groups excluding carboxylic acids is 1. The van der Waals surface area contributed by atoms with Crippen molar-refractivity contribution in [3.05, 3.63) is 53.6 Å². The average Bonchev–Trinajstić information content (AvgIpc) is 2.73. The second-order valence-electron chi connectivity index (χ2n) is 7.47. The highest BCUT2D eigenvalue weighted by Crippen LogP contribution is 2.30. The van der Waals surface area contributed by atoms with Crippen LogP contribution in [-0.2, 0) is 6.42 Å². The van der Waals surface area contributed by atoms with Crippen LogP contribution in [0.1, 0.15) is 37.8 Å². The molecule has 1 aliphatic heterocycles. The van der Waals surface area contributed by atoms with Gasteiger partial charge in [-0.15, -0.1) is 0 Å². The minimum Gasteiger partial charge on any atom is -0.495 e. The summed E-state index contributed by atoms with van der Waals surface area (Å²) in [5.41, 5.74) is 4.45. The van der Waals surface area contributed by atoms with Crippen LogP contribution >= 0.6 is 0 Å². The average molecular weight is 382 g/mol. The fraction of sp³-hybridized carbons (Fsp3) is 0.435. The number of aryl methyl sites for hydroxylation is 1. The van der Waals surface area contributed by atoms with Crippen LogP contribution < -0.4 is 15.0 Å². The molecule has 0 atom stereocenters. The summed E-state index contributed by atoms with van der Waals surface area (Å²) < 4.78 is 5.48. The van der Waals surface area contributed by atoms with Crippen molar-refractivity contribution in [2.24, 2.45) is 0 Å². The van der Waals surface area contributed by atoms with Gasteiger partial charge in [-0.1, -0.05) is 51.1 Å². The largest absolute Gasteiger partial charge is 0.495 e. The Balaban J connectivity index is 1.68. The first-order valence-electron chi connectivity index (χ1n) is 10.1. The number of hydrogen-bond donors (Lipinski definition) is 1. The van der Waals surface area contributed by atoms with Crippen LogP contribution in [0, 0.1) is 0 Å². The zero-order chi connectivity index (χ0) is 20.1. The summed E-state index contributed by atoms with van der Waals surface area (Å²) in [6, 6.07) is 14.3. The molecule has 2 aromatic rings. The van der Waals surface area contributed by atoms with Crippen molar-refractivity contribution in [3.8, 4) is 5.75 Å². The third-order valence-corrected chi connectivity index (χ3v) is 5.41. The normalized spacial score (nSPS) is 14.3. The number of urea groups is 1. The van der Waals surface area contributed by atoms with Crippen molar-refractivity contribution >= 4 is 17.4 Å². The maximum Gasteiger partial charge on any atom is 0.321 e. The van der Waals surface area contributed by atoms with Gasteiger partial charge in [0, 0.05) is 31.9 Å². The Morgan fingerprint density at radius 3 is 2.43 bits per heavy atom. The molecule has 5 heteroatoms. The molecule has 0 saturated carbocycles. The standard InChI is InChI=1S/C23H31N3O2/c1-5-18-9-8-10-19(17(2)3)22(18)24-23(27)26-15-13-25(14-16-26)20-11-6-7-12-21(20)28-4/h6-12,17H,5,13-16H2,1-4H3,(H,24,27). The van der Waals surface area contributed by atoms with Crippen LogP contribution in [0.5, 0.6) is 5.75 Å². The molecule has 2 amide bonds. The van der Waals surface area contributed by atoms with Crippen molar-refractivity contribution in [2.45, 2.75) is 33.1 Å². The van der Waals surface area contributed by atoms with Gasteiger partial charge in [-0.05, 0) is 35.6 Å². The smallest absolute Gasteiger partial charge is 0.321 e. The molecule has 150 valence electrons. The van der Waals surface area contributed by atoms with E-state index in [1.54, 1.807) is 7.11 Å². The van der Waals surface area contributed by atoms with E-state index in [2.05, 4.69) is 55.3 Å². The number of benzene rings is 2. The van der Waals surface area contributed by atoms with Crippen molar-refractivity contribution < 1.29 is 9.53 Å². The van der Waals surface area contributed by atoms with Crippen LogP contribution in [0.2, 0.25) is 0 Å². The highest BCUT2D eigenvalue weighted by atomic mass is 16.5. The fourth-order valence-electron chi connectivity index (χ4n) is 3.78. The third-order valence-electron chi connectivity index (χ3n) is 5.41. The van der Waals surface area contributed by atoms with E-state index in [1.807, 2.05) is 23.1 Å². The van der Waals surface area contributed by atoms with Gasteiger partial charge in [0.15, 0.2) is 0 Å². The molecule has 0 bridgehead atoms. The lowest BCUT2D eigenvalue weighted by Gasteiger charge is -2.36. The Bertz CT molecular complexity index is 811. The molecular formula is C23H31N3O2. The Hall–Kier alpha value is -2.69. The summed E-state index contributed by atoms with van der Waals surface area (Å²) in [5, 5.41) is 3.20. The molecule has 1 saturated heterocycles. The second kappa shape index (κ2) is 9.00. The molecule has 0 unspecified atom stereocenters.